The molecule has 2 aliphatic heterocycles. The summed E-state index contributed by atoms with van der Waals surface area (Å²) in [6.45, 7) is 6.55. The smallest absolute Gasteiger partial charge is 0.303 e. The van der Waals surface area contributed by atoms with Crippen LogP contribution in [0.2, 0.25) is 0 Å². The molecule has 1 unspecified atom stereocenters. The normalized spacial score (nSPS) is 29.3. The van der Waals surface area contributed by atoms with Gasteiger partial charge in [0.15, 0.2) is 17.4 Å². The first-order valence-corrected chi connectivity index (χ1v) is 9.81. The third-order valence-corrected chi connectivity index (χ3v) is 5.07. The lowest BCUT2D eigenvalue weighted by atomic mass is 9.98. The Labute approximate surface area is 162 Å². The number of thioether (sulfide) groups is 1. The third kappa shape index (κ3) is 6.10. The maximum Gasteiger partial charge on any atom is 0.303 e. The van der Waals surface area contributed by atoms with Crippen LogP contribution < -0.4 is 5.32 Å². The van der Waals surface area contributed by atoms with Crippen LogP contribution in [0.3, 0.4) is 0 Å². The van der Waals surface area contributed by atoms with Crippen LogP contribution in [-0.2, 0) is 33.3 Å². The Bertz CT molecular complexity index is 598. The molecule has 1 N–H and O–H groups in total. The number of aliphatic imine (C=N–C) groups is 1. The number of nitrogens with zero attached hydrogens (tertiary/aromatic N) is 1. The summed E-state index contributed by atoms with van der Waals surface area (Å²) < 4.78 is 21.8. The molecule has 1 fully saturated rings. The van der Waals surface area contributed by atoms with E-state index in [9.17, 15) is 14.4 Å². The fraction of sp³-hybridized carbons (Fsp3) is 0.765. The number of esters is 3. The Hall–Kier alpha value is -1.81. The lowest BCUT2D eigenvalue weighted by Crippen LogP contribution is -2.59. The van der Waals surface area contributed by atoms with Crippen molar-refractivity contribution < 1.29 is 33.3 Å². The Morgan fingerprint density at radius 1 is 1.11 bits per heavy atom. The number of amidine groups is 1. The molecule has 2 rings (SSSR count). The van der Waals surface area contributed by atoms with Gasteiger partial charge in [-0.25, -0.2) is 0 Å². The van der Waals surface area contributed by atoms with Crippen LogP contribution in [0.25, 0.3) is 0 Å². The van der Waals surface area contributed by atoms with Crippen molar-refractivity contribution >= 4 is 34.8 Å². The molecule has 152 valence electrons. The van der Waals surface area contributed by atoms with E-state index in [-0.39, 0.29) is 6.61 Å². The number of unbranched alkanes of at least 4 members (excludes halogenated alkanes) is 1. The van der Waals surface area contributed by atoms with Gasteiger partial charge in [0.1, 0.15) is 24.2 Å². The number of rotatable bonds is 7. The van der Waals surface area contributed by atoms with E-state index in [1.54, 1.807) is 0 Å². The number of nitrogens with one attached hydrogen (secondary N) is 1. The maximum absolute atomic E-state index is 11.6. The molecule has 2 aliphatic rings. The van der Waals surface area contributed by atoms with Crippen molar-refractivity contribution in [3.8, 4) is 0 Å². The fourth-order valence-electron chi connectivity index (χ4n) is 2.85. The standard InChI is InChI=1S/C17H26N2O7S/c1-5-6-7-18-17-19-13-15(25-11(4)22)14(24-10(3)21)12(8-23-9(2)20)26-16(13)27-17/h12-16H,5-8H2,1-4H3,(H,18,19)/t12-,13+,14-,15-,16?/m1/s1. The van der Waals surface area contributed by atoms with Gasteiger partial charge in [-0.2, -0.15) is 0 Å². The molecule has 0 radical (unpaired) electrons. The highest BCUT2D eigenvalue weighted by Crippen LogP contribution is 2.38. The minimum atomic E-state index is -0.925. The number of hydrogen-bond donors (Lipinski definition) is 1. The highest BCUT2D eigenvalue weighted by molar-refractivity contribution is 8.14. The largest absolute Gasteiger partial charge is 0.463 e. The molecular formula is C17H26N2O7S. The van der Waals surface area contributed by atoms with Gasteiger partial charge in [-0.1, -0.05) is 25.1 Å². The van der Waals surface area contributed by atoms with E-state index in [1.165, 1.54) is 32.5 Å². The number of hydrogen-bond acceptors (Lipinski definition) is 10. The van der Waals surface area contributed by atoms with E-state index < -0.39 is 47.7 Å². The molecule has 5 atom stereocenters. The maximum atomic E-state index is 11.6. The minimum Gasteiger partial charge on any atom is -0.463 e. The zero-order chi connectivity index (χ0) is 20.0. The van der Waals surface area contributed by atoms with Crippen molar-refractivity contribution in [2.24, 2.45) is 4.99 Å². The Balaban J connectivity index is 2.21. The zero-order valence-electron chi connectivity index (χ0n) is 15.9. The summed E-state index contributed by atoms with van der Waals surface area (Å²) in [4.78, 5) is 39.0. The van der Waals surface area contributed by atoms with Crippen molar-refractivity contribution in [2.45, 2.75) is 70.3 Å². The van der Waals surface area contributed by atoms with Crippen LogP contribution in [0, 0.1) is 0 Å². The van der Waals surface area contributed by atoms with Gasteiger partial charge in [0.25, 0.3) is 0 Å². The van der Waals surface area contributed by atoms with Crippen LogP contribution in [-0.4, -0.2) is 66.0 Å². The van der Waals surface area contributed by atoms with Crippen LogP contribution in [0.15, 0.2) is 4.99 Å². The first-order valence-electron chi connectivity index (χ1n) is 8.93. The third-order valence-electron chi connectivity index (χ3n) is 3.97. The second-order valence-electron chi connectivity index (χ2n) is 6.32. The van der Waals surface area contributed by atoms with Crippen LogP contribution in [0.4, 0.5) is 0 Å². The van der Waals surface area contributed by atoms with Gasteiger partial charge in [-0.3, -0.25) is 19.4 Å². The molecule has 0 aromatic heterocycles. The minimum absolute atomic E-state index is 0.118. The fourth-order valence-corrected chi connectivity index (χ4v) is 4.00. The molecule has 0 saturated carbocycles. The van der Waals surface area contributed by atoms with Gasteiger partial charge < -0.3 is 24.3 Å². The van der Waals surface area contributed by atoms with Crippen molar-refractivity contribution in [3.63, 3.8) is 0 Å². The van der Waals surface area contributed by atoms with Crippen molar-refractivity contribution in [2.75, 3.05) is 13.2 Å². The molecule has 10 heteroatoms. The molecule has 0 bridgehead atoms. The summed E-state index contributed by atoms with van der Waals surface area (Å²) in [6.07, 6.45) is -0.478. The summed E-state index contributed by atoms with van der Waals surface area (Å²) in [6, 6.07) is -0.527. The molecule has 9 nitrogen and oxygen atoms in total. The van der Waals surface area contributed by atoms with Gasteiger partial charge in [-0.15, -0.1) is 0 Å². The second kappa shape index (κ2) is 9.93. The molecular weight excluding hydrogens is 376 g/mol. The van der Waals surface area contributed by atoms with Crippen molar-refractivity contribution in [1.29, 1.82) is 0 Å². The van der Waals surface area contributed by atoms with Gasteiger partial charge in [-0.05, 0) is 6.42 Å². The highest BCUT2D eigenvalue weighted by Gasteiger charge is 2.53. The molecule has 0 spiro atoms. The lowest BCUT2D eigenvalue weighted by Gasteiger charge is -2.41. The van der Waals surface area contributed by atoms with E-state index >= 15 is 0 Å². The predicted molar refractivity (Wildman–Crippen MR) is 98.1 cm³/mol. The predicted octanol–water partition coefficient (Wildman–Crippen LogP) is 0.999. The number of ether oxygens (including phenoxy) is 4. The second-order valence-corrected chi connectivity index (χ2v) is 7.40. The molecule has 0 aromatic rings. The lowest BCUT2D eigenvalue weighted by molar-refractivity contribution is -0.208. The summed E-state index contributed by atoms with van der Waals surface area (Å²) in [5.74, 6) is -1.55. The van der Waals surface area contributed by atoms with Gasteiger partial charge in [0, 0.05) is 27.3 Å². The topological polar surface area (TPSA) is 113 Å². The van der Waals surface area contributed by atoms with Crippen LogP contribution in [0.5, 0.6) is 0 Å². The Morgan fingerprint density at radius 3 is 2.37 bits per heavy atom. The number of carbonyl (C=O) groups excluding carboxylic acids is 3. The molecule has 0 amide bonds. The summed E-state index contributed by atoms with van der Waals surface area (Å²) in [7, 11) is 0. The molecule has 0 aromatic carbocycles. The van der Waals surface area contributed by atoms with E-state index in [0.717, 1.165) is 19.4 Å². The van der Waals surface area contributed by atoms with Crippen LogP contribution in [0.1, 0.15) is 40.5 Å². The van der Waals surface area contributed by atoms with Gasteiger partial charge in [0.2, 0.25) is 0 Å². The number of carbonyl (C=O) groups is 3. The Kier molecular flexibility index (Phi) is 7.91. The molecule has 27 heavy (non-hydrogen) atoms. The summed E-state index contributed by atoms with van der Waals surface area (Å²) in [5.41, 5.74) is -0.439. The quantitative estimate of drug-likeness (QED) is 0.378. The summed E-state index contributed by atoms with van der Waals surface area (Å²) >= 11 is 1.38. The number of fused-ring (bicyclic) bond motifs is 1. The zero-order valence-corrected chi connectivity index (χ0v) is 16.7. The van der Waals surface area contributed by atoms with Crippen molar-refractivity contribution in [3.05, 3.63) is 0 Å². The highest BCUT2D eigenvalue weighted by atomic mass is 32.2. The molecule has 2 heterocycles. The Morgan fingerprint density at radius 2 is 1.78 bits per heavy atom. The van der Waals surface area contributed by atoms with Crippen LogP contribution >= 0.6 is 11.8 Å². The van der Waals surface area contributed by atoms with Crippen molar-refractivity contribution in [1.82, 2.24) is 5.32 Å². The van der Waals surface area contributed by atoms with E-state index in [1.807, 2.05) is 0 Å². The molecule has 0 aliphatic carbocycles. The SMILES string of the molecule is CCCCNC1=N[C@@H]2C(O[C@H](COC(C)=O)[C@@H](OC(C)=O)[C@@H]2OC(C)=O)S1. The van der Waals surface area contributed by atoms with E-state index in [4.69, 9.17) is 18.9 Å². The molecule has 1 saturated heterocycles. The van der Waals surface area contributed by atoms with Gasteiger partial charge >= 0.3 is 17.9 Å². The van der Waals surface area contributed by atoms with Gasteiger partial charge in [0.05, 0.1) is 0 Å². The average molecular weight is 402 g/mol. The monoisotopic (exact) mass is 402 g/mol. The first kappa shape index (κ1) is 21.5. The van der Waals surface area contributed by atoms with E-state index in [0.29, 0.717) is 5.17 Å². The first-order chi connectivity index (χ1) is 12.8. The average Bonchev–Trinajstić information content (AvgIpc) is 2.97. The van der Waals surface area contributed by atoms with E-state index in [2.05, 4.69) is 17.2 Å². The summed E-state index contributed by atoms with van der Waals surface area (Å²) in [5, 5.41) is 3.92.